The summed E-state index contributed by atoms with van der Waals surface area (Å²) in [7, 11) is 0. The zero-order valence-corrected chi connectivity index (χ0v) is 11.6. The Bertz CT molecular complexity index is 736. The number of ether oxygens (including phenoxy) is 1. The molecule has 0 aliphatic rings. The van der Waals surface area contributed by atoms with Crippen LogP contribution in [0.2, 0.25) is 0 Å². The van der Waals surface area contributed by atoms with E-state index in [0.717, 1.165) is 16.7 Å². The number of nitriles is 1. The van der Waals surface area contributed by atoms with Crippen molar-refractivity contribution in [2.75, 3.05) is 6.61 Å². The molecule has 4 heteroatoms. The van der Waals surface area contributed by atoms with E-state index in [0.29, 0.717) is 18.1 Å². The summed E-state index contributed by atoms with van der Waals surface area (Å²) in [5, 5.41) is 17.6. The fraction of sp³-hybridized carbons (Fsp3) is 0.176. The first-order valence-corrected chi connectivity index (χ1v) is 6.41. The second-order valence-corrected chi connectivity index (χ2v) is 4.41. The first-order chi connectivity index (χ1) is 10.2. The minimum Gasteiger partial charge on any atom is -0.488 e. The third-order valence-electron chi connectivity index (χ3n) is 2.77. The Kier molecular flexibility index (Phi) is 4.93. The van der Waals surface area contributed by atoms with Crippen LogP contribution >= 0.6 is 0 Å². The van der Waals surface area contributed by atoms with Crippen molar-refractivity contribution in [1.82, 2.24) is 4.98 Å². The molecule has 21 heavy (non-hydrogen) atoms. The first-order valence-electron chi connectivity index (χ1n) is 6.41. The maximum Gasteiger partial charge on any atom is 0.140 e. The molecular formula is C17H14N2O2. The molecule has 0 saturated heterocycles. The molecule has 0 spiro atoms. The number of nitrogens with zero attached hydrogens (tertiary/aromatic N) is 2. The maximum absolute atomic E-state index is 8.82. The van der Waals surface area contributed by atoms with Crippen LogP contribution in [0, 0.1) is 30.1 Å². The number of hydrogen-bond donors (Lipinski definition) is 1. The third kappa shape index (κ3) is 4.07. The molecule has 0 bridgehead atoms. The molecule has 0 fully saturated rings. The van der Waals surface area contributed by atoms with Crippen LogP contribution in [-0.4, -0.2) is 16.7 Å². The number of aromatic nitrogens is 1. The Morgan fingerprint density at radius 1 is 1.29 bits per heavy atom. The van der Waals surface area contributed by atoms with Crippen LogP contribution in [0.5, 0.6) is 5.75 Å². The van der Waals surface area contributed by atoms with Crippen molar-refractivity contribution in [2.45, 2.75) is 13.5 Å². The number of aryl methyl sites for hydroxylation is 1. The SMILES string of the molecule is Cc1ccc(OCc2ccnc(C#N)c2)c(C#CCO)c1. The van der Waals surface area contributed by atoms with Gasteiger partial charge in [0.15, 0.2) is 0 Å². The Balaban J connectivity index is 2.18. The highest BCUT2D eigenvalue weighted by molar-refractivity contribution is 5.48. The number of pyridine rings is 1. The number of aliphatic hydroxyl groups excluding tert-OH is 1. The summed E-state index contributed by atoms with van der Waals surface area (Å²) in [6, 6.07) is 11.2. The van der Waals surface area contributed by atoms with Gasteiger partial charge in [-0.15, -0.1) is 0 Å². The summed E-state index contributed by atoms with van der Waals surface area (Å²) < 4.78 is 5.75. The van der Waals surface area contributed by atoms with Crippen LogP contribution < -0.4 is 4.74 Å². The van der Waals surface area contributed by atoms with Gasteiger partial charge in [-0.3, -0.25) is 0 Å². The molecule has 1 aromatic carbocycles. The highest BCUT2D eigenvalue weighted by Crippen LogP contribution is 2.20. The van der Waals surface area contributed by atoms with E-state index < -0.39 is 0 Å². The molecule has 104 valence electrons. The fourth-order valence-corrected chi connectivity index (χ4v) is 1.79. The van der Waals surface area contributed by atoms with Gasteiger partial charge in [0.25, 0.3) is 0 Å². The standard InChI is InChI=1S/C17H14N2O2/c1-13-4-5-17(15(9-13)3-2-8-20)21-12-14-6-7-19-16(10-14)11-18/h4-7,9-10,20H,8,12H2,1H3. The second-order valence-electron chi connectivity index (χ2n) is 4.41. The van der Waals surface area contributed by atoms with Crippen molar-refractivity contribution >= 4 is 0 Å². The summed E-state index contributed by atoms with van der Waals surface area (Å²) in [5.74, 6) is 6.14. The van der Waals surface area contributed by atoms with Crippen LogP contribution in [0.15, 0.2) is 36.5 Å². The molecule has 1 aromatic heterocycles. The summed E-state index contributed by atoms with van der Waals surface area (Å²) >= 11 is 0. The molecule has 2 rings (SSSR count). The number of rotatable bonds is 3. The summed E-state index contributed by atoms with van der Waals surface area (Å²) in [4.78, 5) is 3.92. The number of aliphatic hydroxyl groups is 1. The van der Waals surface area contributed by atoms with Gasteiger partial charge in [-0.1, -0.05) is 17.9 Å². The average molecular weight is 278 g/mol. The van der Waals surface area contributed by atoms with Crippen molar-refractivity contribution < 1.29 is 9.84 Å². The smallest absolute Gasteiger partial charge is 0.140 e. The van der Waals surface area contributed by atoms with E-state index in [-0.39, 0.29) is 6.61 Å². The zero-order chi connectivity index (χ0) is 15.1. The Labute approximate surface area is 123 Å². The minimum atomic E-state index is -0.191. The molecule has 0 aliphatic heterocycles. The lowest BCUT2D eigenvalue weighted by Gasteiger charge is -2.09. The largest absolute Gasteiger partial charge is 0.488 e. The first kappa shape index (κ1) is 14.6. The average Bonchev–Trinajstić information content (AvgIpc) is 2.52. The van der Waals surface area contributed by atoms with Gasteiger partial charge in [0.1, 0.15) is 30.7 Å². The van der Waals surface area contributed by atoms with E-state index in [2.05, 4.69) is 16.8 Å². The topological polar surface area (TPSA) is 66.1 Å². The predicted molar refractivity (Wildman–Crippen MR) is 78.4 cm³/mol. The third-order valence-corrected chi connectivity index (χ3v) is 2.77. The lowest BCUT2D eigenvalue weighted by molar-refractivity contribution is 0.305. The minimum absolute atomic E-state index is 0.191. The zero-order valence-electron chi connectivity index (χ0n) is 11.6. The van der Waals surface area contributed by atoms with Gasteiger partial charge in [0.05, 0.1) is 5.56 Å². The van der Waals surface area contributed by atoms with Crippen molar-refractivity contribution in [3.63, 3.8) is 0 Å². The number of benzene rings is 1. The van der Waals surface area contributed by atoms with Crippen LogP contribution in [-0.2, 0) is 6.61 Å². The van der Waals surface area contributed by atoms with Crippen LogP contribution in [0.1, 0.15) is 22.4 Å². The monoisotopic (exact) mass is 278 g/mol. The van der Waals surface area contributed by atoms with Gasteiger partial charge in [-0.25, -0.2) is 4.98 Å². The quantitative estimate of drug-likeness (QED) is 0.874. The lowest BCUT2D eigenvalue weighted by Crippen LogP contribution is -1.99. The molecular weight excluding hydrogens is 264 g/mol. The van der Waals surface area contributed by atoms with Gasteiger partial charge in [-0.05, 0) is 42.3 Å². The van der Waals surface area contributed by atoms with Crippen molar-refractivity contribution in [1.29, 1.82) is 5.26 Å². The maximum atomic E-state index is 8.82. The van der Waals surface area contributed by atoms with Crippen molar-refractivity contribution in [3.8, 4) is 23.7 Å². The van der Waals surface area contributed by atoms with Gasteiger partial charge >= 0.3 is 0 Å². The lowest BCUT2D eigenvalue weighted by atomic mass is 10.1. The molecule has 0 saturated carbocycles. The molecule has 4 nitrogen and oxygen atoms in total. The van der Waals surface area contributed by atoms with Crippen LogP contribution in [0.4, 0.5) is 0 Å². The molecule has 0 aliphatic carbocycles. The molecule has 1 N–H and O–H groups in total. The van der Waals surface area contributed by atoms with Crippen LogP contribution in [0.25, 0.3) is 0 Å². The normalized spacial score (nSPS) is 9.38. The van der Waals surface area contributed by atoms with E-state index in [1.807, 2.05) is 31.2 Å². The van der Waals surface area contributed by atoms with E-state index in [1.165, 1.54) is 0 Å². The Morgan fingerprint density at radius 2 is 2.14 bits per heavy atom. The van der Waals surface area contributed by atoms with Gasteiger partial charge in [0, 0.05) is 6.20 Å². The van der Waals surface area contributed by atoms with Crippen molar-refractivity contribution in [3.05, 3.63) is 58.9 Å². The molecule has 1 heterocycles. The molecule has 0 atom stereocenters. The number of hydrogen-bond acceptors (Lipinski definition) is 4. The molecule has 0 amide bonds. The van der Waals surface area contributed by atoms with E-state index in [9.17, 15) is 0 Å². The van der Waals surface area contributed by atoms with E-state index in [1.54, 1.807) is 18.3 Å². The molecule has 0 radical (unpaired) electrons. The molecule has 0 unspecified atom stereocenters. The Morgan fingerprint density at radius 3 is 2.90 bits per heavy atom. The predicted octanol–water partition coefficient (Wildman–Crippen LogP) is 2.18. The van der Waals surface area contributed by atoms with Crippen LogP contribution in [0.3, 0.4) is 0 Å². The Hall–Kier alpha value is -2.82. The van der Waals surface area contributed by atoms with Gasteiger partial charge in [-0.2, -0.15) is 5.26 Å². The second kappa shape index (κ2) is 7.09. The highest BCUT2D eigenvalue weighted by atomic mass is 16.5. The summed E-state index contributed by atoms with van der Waals surface area (Å²) in [6.45, 7) is 2.10. The van der Waals surface area contributed by atoms with E-state index >= 15 is 0 Å². The van der Waals surface area contributed by atoms with E-state index in [4.69, 9.17) is 15.1 Å². The summed E-state index contributed by atoms with van der Waals surface area (Å²) in [5.41, 5.74) is 3.03. The highest BCUT2D eigenvalue weighted by Gasteiger charge is 2.03. The fourth-order valence-electron chi connectivity index (χ4n) is 1.79. The van der Waals surface area contributed by atoms with Crippen molar-refractivity contribution in [2.24, 2.45) is 0 Å². The molecule has 2 aromatic rings. The van der Waals surface area contributed by atoms with Gasteiger partial charge in [0.2, 0.25) is 0 Å². The summed E-state index contributed by atoms with van der Waals surface area (Å²) in [6.07, 6.45) is 1.58. The van der Waals surface area contributed by atoms with Gasteiger partial charge < -0.3 is 9.84 Å².